The number of nitrogens with two attached hydrogens (primary N) is 1. The van der Waals surface area contributed by atoms with E-state index in [4.69, 9.17) is 5.73 Å². The molecule has 0 amide bonds. The van der Waals surface area contributed by atoms with Crippen molar-refractivity contribution in [1.29, 1.82) is 0 Å². The van der Waals surface area contributed by atoms with Crippen LogP contribution in [0.2, 0.25) is 0 Å². The Morgan fingerprint density at radius 2 is 1.94 bits per heavy atom. The first-order chi connectivity index (χ1) is 8.66. The Labute approximate surface area is 119 Å². The number of para-hydroxylation sites is 1. The molecular weight excluding hydrogens is 337 g/mol. The lowest BCUT2D eigenvalue weighted by molar-refractivity contribution is 0.995. The van der Waals surface area contributed by atoms with Crippen molar-refractivity contribution in [2.75, 3.05) is 5.73 Å². The van der Waals surface area contributed by atoms with E-state index in [1.807, 2.05) is 37.3 Å². The molecule has 3 rings (SSSR count). The molecule has 3 aromatic rings. The number of aryl methyl sites for hydroxylation is 1. The van der Waals surface area contributed by atoms with Crippen molar-refractivity contribution >= 4 is 39.3 Å². The zero-order valence-electron chi connectivity index (χ0n) is 9.89. The van der Waals surface area contributed by atoms with Gasteiger partial charge in [0, 0.05) is 9.26 Å². The van der Waals surface area contributed by atoms with Gasteiger partial charge >= 0.3 is 0 Å². The van der Waals surface area contributed by atoms with Gasteiger partial charge in [0.05, 0.1) is 16.7 Å². The maximum Gasteiger partial charge on any atom is 0.111 e. The molecule has 4 heteroatoms. The van der Waals surface area contributed by atoms with E-state index in [0.29, 0.717) is 0 Å². The molecule has 2 N–H and O–H groups in total. The minimum Gasteiger partial charge on any atom is -0.399 e. The largest absolute Gasteiger partial charge is 0.399 e. The van der Waals surface area contributed by atoms with Gasteiger partial charge in [-0.05, 0) is 59.8 Å². The molecule has 0 aliphatic carbocycles. The highest BCUT2D eigenvalue weighted by atomic mass is 127. The molecule has 0 unspecified atom stereocenters. The van der Waals surface area contributed by atoms with Crippen molar-refractivity contribution in [3.63, 3.8) is 0 Å². The molecule has 0 atom stereocenters. The number of halogens is 1. The fraction of sp³-hybridized carbons (Fsp3) is 0.0714. The molecule has 0 spiro atoms. The number of fused-ring (bicyclic) bond motifs is 1. The molecule has 1 heterocycles. The van der Waals surface area contributed by atoms with Gasteiger partial charge in [0.1, 0.15) is 5.82 Å². The van der Waals surface area contributed by atoms with E-state index in [-0.39, 0.29) is 0 Å². The second-order valence-corrected chi connectivity index (χ2v) is 5.36. The Balaban J connectivity index is 2.36. The van der Waals surface area contributed by atoms with Crippen LogP contribution in [0.25, 0.3) is 16.7 Å². The minimum absolute atomic E-state index is 0.745. The number of nitrogen functional groups attached to an aromatic ring is 1. The molecule has 0 radical (unpaired) electrons. The summed E-state index contributed by atoms with van der Waals surface area (Å²) in [5, 5.41) is 0. The first kappa shape index (κ1) is 11.5. The van der Waals surface area contributed by atoms with Crippen molar-refractivity contribution in [1.82, 2.24) is 9.55 Å². The summed E-state index contributed by atoms with van der Waals surface area (Å²) in [6, 6.07) is 14.1. The summed E-state index contributed by atoms with van der Waals surface area (Å²) in [5.41, 5.74) is 9.73. The highest BCUT2D eigenvalue weighted by molar-refractivity contribution is 14.1. The molecule has 0 fully saturated rings. The number of benzene rings is 2. The molecule has 0 bridgehead atoms. The van der Waals surface area contributed by atoms with E-state index in [9.17, 15) is 0 Å². The van der Waals surface area contributed by atoms with Gasteiger partial charge < -0.3 is 5.73 Å². The van der Waals surface area contributed by atoms with Crippen molar-refractivity contribution in [2.45, 2.75) is 6.92 Å². The molecule has 2 aromatic carbocycles. The summed E-state index contributed by atoms with van der Waals surface area (Å²) in [7, 11) is 0. The molecule has 18 heavy (non-hydrogen) atoms. The second kappa shape index (κ2) is 4.28. The zero-order valence-corrected chi connectivity index (χ0v) is 12.0. The predicted octanol–water partition coefficient (Wildman–Crippen LogP) is 3.52. The average molecular weight is 349 g/mol. The van der Waals surface area contributed by atoms with E-state index in [1.54, 1.807) is 0 Å². The summed E-state index contributed by atoms with van der Waals surface area (Å²) in [6.45, 7) is 2.01. The van der Waals surface area contributed by atoms with Gasteiger partial charge in [0.15, 0.2) is 0 Å². The van der Waals surface area contributed by atoms with Crippen LogP contribution < -0.4 is 5.73 Å². The van der Waals surface area contributed by atoms with Gasteiger partial charge in [-0.15, -0.1) is 0 Å². The van der Waals surface area contributed by atoms with Crippen molar-refractivity contribution in [3.8, 4) is 5.69 Å². The van der Waals surface area contributed by atoms with E-state index in [1.165, 1.54) is 3.57 Å². The number of imidazole rings is 1. The first-order valence-electron chi connectivity index (χ1n) is 5.66. The summed E-state index contributed by atoms with van der Waals surface area (Å²) in [4.78, 5) is 4.57. The fourth-order valence-corrected chi connectivity index (χ4v) is 2.78. The molecular formula is C14H12IN3. The number of hydrogen-bond donors (Lipinski definition) is 1. The van der Waals surface area contributed by atoms with Crippen LogP contribution in [0.3, 0.4) is 0 Å². The lowest BCUT2D eigenvalue weighted by Crippen LogP contribution is -1.99. The molecule has 0 saturated carbocycles. The van der Waals surface area contributed by atoms with E-state index >= 15 is 0 Å². The Morgan fingerprint density at radius 1 is 1.17 bits per heavy atom. The third-order valence-corrected chi connectivity index (χ3v) is 3.85. The predicted molar refractivity (Wildman–Crippen MR) is 82.9 cm³/mol. The lowest BCUT2D eigenvalue weighted by Gasteiger charge is -2.09. The van der Waals surface area contributed by atoms with Crippen LogP contribution in [0, 0.1) is 10.5 Å². The first-order valence-corrected chi connectivity index (χ1v) is 6.74. The molecule has 0 aliphatic rings. The van der Waals surface area contributed by atoms with Gasteiger partial charge in [-0.3, -0.25) is 4.57 Å². The van der Waals surface area contributed by atoms with E-state index < -0.39 is 0 Å². The maximum atomic E-state index is 5.80. The van der Waals surface area contributed by atoms with E-state index in [0.717, 1.165) is 28.2 Å². The number of hydrogen-bond acceptors (Lipinski definition) is 2. The number of aromatic nitrogens is 2. The quantitative estimate of drug-likeness (QED) is 0.540. The normalized spacial score (nSPS) is 11.0. The Bertz CT molecular complexity index is 731. The number of nitrogens with zero attached hydrogens (tertiary/aromatic N) is 2. The number of anilines is 1. The van der Waals surface area contributed by atoms with Crippen LogP contribution in [0.15, 0.2) is 42.5 Å². The SMILES string of the molecule is Cc1nc2cc(N)ccc2n1-c1ccccc1I. The van der Waals surface area contributed by atoms with Gasteiger partial charge in [-0.1, -0.05) is 12.1 Å². The highest BCUT2D eigenvalue weighted by Gasteiger charge is 2.11. The van der Waals surface area contributed by atoms with Gasteiger partial charge in [-0.25, -0.2) is 4.98 Å². The zero-order chi connectivity index (χ0) is 12.7. The summed E-state index contributed by atoms with van der Waals surface area (Å²) in [6.07, 6.45) is 0. The topological polar surface area (TPSA) is 43.8 Å². The van der Waals surface area contributed by atoms with Crippen LogP contribution in [-0.4, -0.2) is 9.55 Å². The second-order valence-electron chi connectivity index (χ2n) is 4.19. The summed E-state index contributed by atoms with van der Waals surface area (Å²) >= 11 is 2.34. The molecule has 0 saturated heterocycles. The van der Waals surface area contributed by atoms with Crippen LogP contribution in [-0.2, 0) is 0 Å². The van der Waals surface area contributed by atoms with Crippen LogP contribution in [0.4, 0.5) is 5.69 Å². The fourth-order valence-electron chi connectivity index (χ4n) is 2.15. The summed E-state index contributed by atoms with van der Waals surface area (Å²) in [5.74, 6) is 0.972. The Morgan fingerprint density at radius 3 is 2.72 bits per heavy atom. The molecule has 90 valence electrons. The highest BCUT2D eigenvalue weighted by Crippen LogP contribution is 2.25. The maximum absolute atomic E-state index is 5.80. The smallest absolute Gasteiger partial charge is 0.111 e. The van der Waals surface area contributed by atoms with Crippen molar-refractivity contribution in [3.05, 3.63) is 51.9 Å². The molecule has 3 nitrogen and oxygen atoms in total. The Kier molecular flexibility index (Phi) is 2.74. The van der Waals surface area contributed by atoms with Gasteiger partial charge in [0.25, 0.3) is 0 Å². The van der Waals surface area contributed by atoms with Crippen molar-refractivity contribution in [2.24, 2.45) is 0 Å². The third-order valence-electron chi connectivity index (χ3n) is 2.94. The lowest BCUT2D eigenvalue weighted by atomic mass is 10.2. The van der Waals surface area contributed by atoms with E-state index in [2.05, 4.69) is 44.3 Å². The number of rotatable bonds is 1. The molecule has 1 aromatic heterocycles. The van der Waals surface area contributed by atoms with Crippen molar-refractivity contribution < 1.29 is 0 Å². The standard InChI is InChI=1S/C14H12IN3/c1-9-17-12-8-10(16)6-7-14(12)18(9)13-5-3-2-4-11(13)15/h2-8H,16H2,1H3. The van der Waals surface area contributed by atoms with Gasteiger partial charge in [0.2, 0.25) is 0 Å². The third kappa shape index (κ3) is 1.77. The monoisotopic (exact) mass is 349 g/mol. The van der Waals surface area contributed by atoms with Crippen LogP contribution in [0.1, 0.15) is 5.82 Å². The van der Waals surface area contributed by atoms with Crippen LogP contribution >= 0.6 is 22.6 Å². The minimum atomic E-state index is 0.745. The summed E-state index contributed by atoms with van der Waals surface area (Å²) < 4.78 is 3.37. The molecule has 0 aliphatic heterocycles. The van der Waals surface area contributed by atoms with Gasteiger partial charge in [-0.2, -0.15) is 0 Å². The average Bonchev–Trinajstić information content (AvgIpc) is 2.65. The Hall–Kier alpha value is -1.56. The van der Waals surface area contributed by atoms with Crippen LogP contribution in [0.5, 0.6) is 0 Å².